The normalized spacial score (nSPS) is 11.4. The largest absolute Gasteiger partial charge is 0.479 e. The van der Waals surface area contributed by atoms with Crippen molar-refractivity contribution < 1.29 is 9.52 Å². The first-order valence-corrected chi connectivity index (χ1v) is 8.05. The Bertz CT molecular complexity index is 1070. The van der Waals surface area contributed by atoms with Crippen LogP contribution in [0, 0.1) is 0 Å². The second kappa shape index (κ2) is 6.42. The van der Waals surface area contributed by atoms with Crippen LogP contribution in [0.4, 0.5) is 5.69 Å². The minimum Gasteiger partial charge on any atom is -0.479 e. The maximum absolute atomic E-state index is 9.95. The van der Waals surface area contributed by atoms with Crippen LogP contribution in [0.5, 0.6) is 5.95 Å². The number of aromatic nitrogens is 1. The van der Waals surface area contributed by atoms with E-state index in [2.05, 4.69) is 9.98 Å². The number of rotatable bonds is 3. The van der Waals surface area contributed by atoms with Crippen molar-refractivity contribution in [2.75, 3.05) is 0 Å². The summed E-state index contributed by atoms with van der Waals surface area (Å²) in [7, 11) is 0. The molecule has 0 aliphatic heterocycles. The zero-order chi connectivity index (χ0) is 17.2. The second-order valence-corrected chi connectivity index (χ2v) is 5.94. The third-order valence-corrected chi connectivity index (χ3v) is 4.05. The van der Waals surface area contributed by atoms with E-state index in [0.29, 0.717) is 10.9 Å². The van der Waals surface area contributed by atoms with Crippen molar-refractivity contribution in [3.05, 3.63) is 77.4 Å². The van der Waals surface area contributed by atoms with Crippen LogP contribution in [0.1, 0.15) is 5.69 Å². The molecule has 0 saturated heterocycles. The summed E-state index contributed by atoms with van der Waals surface area (Å²) in [4.78, 5) is 8.66. The first-order valence-electron chi connectivity index (χ1n) is 7.68. The molecule has 122 valence electrons. The minimum absolute atomic E-state index is 0.269. The molecular weight excluding hydrogens is 336 g/mol. The van der Waals surface area contributed by atoms with E-state index < -0.39 is 0 Å². The van der Waals surface area contributed by atoms with E-state index in [4.69, 9.17) is 16.0 Å². The molecule has 1 aromatic heterocycles. The van der Waals surface area contributed by atoms with Gasteiger partial charge in [0.1, 0.15) is 0 Å². The predicted octanol–water partition coefficient (Wildman–Crippen LogP) is 5.60. The zero-order valence-corrected chi connectivity index (χ0v) is 13.8. The lowest BCUT2D eigenvalue weighted by atomic mass is 10.1. The van der Waals surface area contributed by atoms with Crippen LogP contribution < -0.4 is 0 Å². The van der Waals surface area contributed by atoms with Gasteiger partial charge in [0, 0.05) is 10.6 Å². The second-order valence-electron chi connectivity index (χ2n) is 5.51. The molecule has 0 aliphatic carbocycles. The molecule has 0 bridgehead atoms. The standard InChI is InChI=1S/C20H13ClN2O2/c21-16-8-5-14(6-9-16)19-23-18(20(24)25-19)12-22-17-10-7-13-3-1-2-4-15(13)11-17/h1-12,24H. The Morgan fingerprint density at radius 2 is 1.72 bits per heavy atom. The van der Waals surface area contributed by atoms with Crippen molar-refractivity contribution in [1.29, 1.82) is 0 Å². The van der Waals surface area contributed by atoms with Crippen molar-refractivity contribution in [2.45, 2.75) is 0 Å². The molecule has 3 aromatic carbocycles. The Labute approximate surface area is 149 Å². The van der Waals surface area contributed by atoms with Crippen LogP contribution in [0.3, 0.4) is 0 Å². The molecule has 0 spiro atoms. The van der Waals surface area contributed by atoms with E-state index in [0.717, 1.165) is 22.0 Å². The molecule has 0 atom stereocenters. The fraction of sp³-hybridized carbons (Fsp3) is 0. The minimum atomic E-state index is -0.269. The van der Waals surface area contributed by atoms with E-state index in [1.165, 1.54) is 6.21 Å². The molecule has 5 heteroatoms. The number of aromatic hydroxyl groups is 1. The van der Waals surface area contributed by atoms with Gasteiger partial charge in [0.05, 0.1) is 11.9 Å². The Morgan fingerprint density at radius 1 is 0.960 bits per heavy atom. The van der Waals surface area contributed by atoms with Crippen LogP contribution in [0.25, 0.3) is 22.2 Å². The van der Waals surface area contributed by atoms with E-state index in [1.807, 2.05) is 42.5 Å². The highest BCUT2D eigenvalue weighted by molar-refractivity contribution is 6.30. The van der Waals surface area contributed by atoms with Gasteiger partial charge in [0.25, 0.3) is 0 Å². The van der Waals surface area contributed by atoms with Crippen LogP contribution in [0.2, 0.25) is 5.02 Å². The lowest BCUT2D eigenvalue weighted by Crippen LogP contribution is -1.83. The summed E-state index contributed by atoms with van der Waals surface area (Å²) in [6, 6.07) is 21.0. The quantitative estimate of drug-likeness (QED) is 0.490. The Hall–Kier alpha value is -3.11. The molecule has 4 nitrogen and oxygen atoms in total. The molecule has 0 amide bonds. The number of aliphatic imine (C=N–C) groups is 1. The lowest BCUT2D eigenvalue weighted by Gasteiger charge is -1.98. The van der Waals surface area contributed by atoms with Gasteiger partial charge >= 0.3 is 5.95 Å². The maximum atomic E-state index is 9.95. The van der Waals surface area contributed by atoms with Gasteiger partial charge in [0.15, 0.2) is 5.69 Å². The highest BCUT2D eigenvalue weighted by Crippen LogP contribution is 2.27. The molecule has 25 heavy (non-hydrogen) atoms. The monoisotopic (exact) mass is 348 g/mol. The van der Waals surface area contributed by atoms with Gasteiger partial charge in [-0.2, -0.15) is 0 Å². The summed E-state index contributed by atoms with van der Waals surface area (Å²) in [6.45, 7) is 0. The average Bonchev–Trinajstić information content (AvgIpc) is 3.01. The summed E-state index contributed by atoms with van der Waals surface area (Å²) in [5.74, 6) is 0.0450. The topological polar surface area (TPSA) is 58.6 Å². The number of halogens is 1. The number of nitrogens with zero attached hydrogens (tertiary/aromatic N) is 2. The van der Waals surface area contributed by atoms with Crippen LogP contribution in [-0.2, 0) is 0 Å². The number of hydrogen-bond acceptors (Lipinski definition) is 4. The number of fused-ring (bicyclic) bond motifs is 1. The molecule has 0 fully saturated rings. The fourth-order valence-corrected chi connectivity index (χ4v) is 2.64. The van der Waals surface area contributed by atoms with E-state index in [9.17, 15) is 5.11 Å². The summed E-state index contributed by atoms with van der Waals surface area (Å²) in [5.41, 5.74) is 1.78. The first kappa shape index (κ1) is 15.4. The van der Waals surface area contributed by atoms with Gasteiger partial charge in [-0.15, -0.1) is 0 Å². The summed E-state index contributed by atoms with van der Waals surface area (Å²) in [6.07, 6.45) is 1.49. The first-order chi connectivity index (χ1) is 12.2. The molecule has 1 N–H and O–H groups in total. The van der Waals surface area contributed by atoms with Gasteiger partial charge in [0.2, 0.25) is 5.89 Å². The SMILES string of the molecule is Oc1oc(-c2ccc(Cl)cc2)nc1C=Nc1ccc2ccccc2c1. The van der Waals surface area contributed by atoms with E-state index >= 15 is 0 Å². The van der Waals surface area contributed by atoms with Gasteiger partial charge in [-0.3, -0.25) is 4.99 Å². The van der Waals surface area contributed by atoms with E-state index in [-0.39, 0.29) is 11.6 Å². The van der Waals surface area contributed by atoms with Crippen molar-refractivity contribution in [1.82, 2.24) is 4.98 Å². The highest BCUT2D eigenvalue weighted by atomic mass is 35.5. The summed E-state index contributed by atoms with van der Waals surface area (Å²) < 4.78 is 5.31. The van der Waals surface area contributed by atoms with Gasteiger partial charge in [-0.05, 0) is 47.2 Å². The summed E-state index contributed by atoms with van der Waals surface area (Å²) >= 11 is 5.87. The zero-order valence-electron chi connectivity index (χ0n) is 13.1. The fourth-order valence-electron chi connectivity index (χ4n) is 2.52. The third-order valence-electron chi connectivity index (χ3n) is 3.79. The number of benzene rings is 3. The van der Waals surface area contributed by atoms with Crippen molar-refractivity contribution >= 4 is 34.3 Å². The molecular formula is C20H13ClN2O2. The molecule has 0 radical (unpaired) electrons. The number of oxazole rings is 1. The van der Waals surface area contributed by atoms with Crippen LogP contribution >= 0.6 is 11.6 Å². The van der Waals surface area contributed by atoms with E-state index in [1.54, 1.807) is 24.3 Å². The smallest absolute Gasteiger partial charge is 0.312 e. The maximum Gasteiger partial charge on any atom is 0.312 e. The molecule has 0 aliphatic rings. The van der Waals surface area contributed by atoms with Crippen molar-refractivity contribution in [3.63, 3.8) is 0 Å². The number of hydrogen-bond donors (Lipinski definition) is 1. The lowest BCUT2D eigenvalue weighted by molar-refractivity contribution is 0.337. The molecule has 4 aromatic rings. The van der Waals surface area contributed by atoms with Gasteiger partial charge in [-0.25, -0.2) is 4.98 Å². The Balaban J connectivity index is 1.63. The van der Waals surface area contributed by atoms with Gasteiger partial charge < -0.3 is 9.52 Å². The average molecular weight is 349 g/mol. The molecule has 0 saturated carbocycles. The highest BCUT2D eigenvalue weighted by Gasteiger charge is 2.12. The predicted molar refractivity (Wildman–Crippen MR) is 99.8 cm³/mol. The Kier molecular flexibility index (Phi) is 3.96. The Morgan fingerprint density at radius 3 is 2.52 bits per heavy atom. The van der Waals surface area contributed by atoms with Crippen molar-refractivity contribution in [2.24, 2.45) is 4.99 Å². The molecule has 4 rings (SSSR count). The van der Waals surface area contributed by atoms with Crippen LogP contribution in [0.15, 0.2) is 76.1 Å². The third kappa shape index (κ3) is 3.25. The van der Waals surface area contributed by atoms with Crippen molar-refractivity contribution in [3.8, 4) is 17.4 Å². The molecule has 1 heterocycles. The summed E-state index contributed by atoms with van der Waals surface area (Å²) in [5, 5.41) is 12.8. The molecule has 0 unspecified atom stereocenters. The van der Waals surface area contributed by atoms with Crippen LogP contribution in [-0.4, -0.2) is 16.3 Å². The van der Waals surface area contributed by atoms with Gasteiger partial charge in [-0.1, -0.05) is 41.9 Å².